The van der Waals surface area contributed by atoms with Crippen molar-refractivity contribution in [2.45, 2.75) is 5.33 Å². The molecule has 0 aliphatic heterocycles. The van der Waals surface area contributed by atoms with Gasteiger partial charge in [0.05, 0.1) is 0 Å². The topological polar surface area (TPSA) is 0 Å². The first-order valence-electron chi connectivity index (χ1n) is 2.74. The number of rotatable bonds is 1. The lowest BCUT2D eigenvalue weighted by Crippen LogP contribution is -1.85. The molecule has 0 saturated heterocycles. The van der Waals surface area contributed by atoms with Crippen molar-refractivity contribution in [1.29, 1.82) is 0 Å². The van der Waals surface area contributed by atoms with E-state index in [1.54, 1.807) is 12.1 Å². The summed E-state index contributed by atoms with van der Waals surface area (Å²) in [5, 5.41) is 0.926. The molecule has 0 N–H and O–H groups in total. The number of alkyl halides is 1. The Morgan fingerprint density at radius 2 is 2.09 bits per heavy atom. The fourth-order valence-corrected chi connectivity index (χ4v) is 1.62. The molecule has 0 aliphatic carbocycles. The molecule has 0 saturated carbocycles. The van der Waals surface area contributed by atoms with E-state index in [4.69, 9.17) is 11.6 Å². The zero-order chi connectivity index (χ0) is 7.56. The van der Waals surface area contributed by atoms with E-state index >= 15 is 0 Å². The predicted molar refractivity (Wildman–Crippen MR) is 52.6 cm³/mol. The standard InChI is InChI=1S/C7H5BrClF.Mg.2H/c8-4-5-6(9)2-1-3-7(5)10;;;/h1-3H,4H2;;;. The summed E-state index contributed by atoms with van der Waals surface area (Å²) in [5.74, 6) is -0.260. The highest BCUT2D eigenvalue weighted by Crippen LogP contribution is 2.20. The van der Waals surface area contributed by atoms with Gasteiger partial charge >= 0.3 is 23.1 Å². The average molecular weight is 250 g/mol. The van der Waals surface area contributed by atoms with Crippen molar-refractivity contribution >= 4 is 50.6 Å². The van der Waals surface area contributed by atoms with Gasteiger partial charge in [0.25, 0.3) is 0 Å². The molecular formula is C7H7BrClFMg. The molecule has 11 heavy (non-hydrogen) atoms. The Hall–Kier alpha value is 0.686. The maximum absolute atomic E-state index is 12.7. The van der Waals surface area contributed by atoms with E-state index in [-0.39, 0.29) is 28.9 Å². The van der Waals surface area contributed by atoms with Crippen LogP contribution in [0.4, 0.5) is 4.39 Å². The van der Waals surface area contributed by atoms with E-state index in [0.717, 1.165) is 0 Å². The quantitative estimate of drug-likeness (QED) is 0.530. The van der Waals surface area contributed by atoms with Crippen molar-refractivity contribution in [3.63, 3.8) is 0 Å². The van der Waals surface area contributed by atoms with Crippen molar-refractivity contribution in [1.82, 2.24) is 0 Å². The maximum atomic E-state index is 12.7. The van der Waals surface area contributed by atoms with E-state index in [2.05, 4.69) is 15.9 Å². The molecule has 1 aromatic rings. The number of benzene rings is 1. The van der Waals surface area contributed by atoms with E-state index in [1.807, 2.05) is 0 Å². The van der Waals surface area contributed by atoms with Crippen molar-refractivity contribution in [2.24, 2.45) is 0 Å². The van der Waals surface area contributed by atoms with Gasteiger partial charge in [0.15, 0.2) is 0 Å². The SMILES string of the molecule is Fc1cccc(Cl)c1CBr.[MgH2]. The lowest BCUT2D eigenvalue weighted by molar-refractivity contribution is 0.618. The lowest BCUT2D eigenvalue weighted by Gasteiger charge is -1.98. The fourth-order valence-electron chi connectivity index (χ4n) is 0.660. The van der Waals surface area contributed by atoms with Gasteiger partial charge in [-0.25, -0.2) is 4.39 Å². The van der Waals surface area contributed by atoms with Gasteiger partial charge in [0.1, 0.15) is 5.82 Å². The molecule has 0 bridgehead atoms. The number of hydrogen-bond acceptors (Lipinski definition) is 0. The molecule has 0 atom stereocenters. The van der Waals surface area contributed by atoms with Crippen LogP contribution in [0.25, 0.3) is 0 Å². The van der Waals surface area contributed by atoms with Crippen LogP contribution in [0.1, 0.15) is 5.56 Å². The lowest BCUT2D eigenvalue weighted by atomic mass is 10.2. The first kappa shape index (κ1) is 11.7. The van der Waals surface area contributed by atoms with Crippen LogP contribution >= 0.6 is 27.5 Å². The van der Waals surface area contributed by atoms with Gasteiger partial charge < -0.3 is 0 Å². The monoisotopic (exact) mass is 248 g/mol. The fraction of sp³-hybridized carbons (Fsp3) is 0.143. The first-order chi connectivity index (χ1) is 4.75. The van der Waals surface area contributed by atoms with Crippen LogP contribution < -0.4 is 0 Å². The Bertz CT molecular complexity index is 222. The molecule has 1 aromatic carbocycles. The number of halogens is 3. The van der Waals surface area contributed by atoms with Gasteiger partial charge in [-0.2, -0.15) is 0 Å². The van der Waals surface area contributed by atoms with Gasteiger partial charge in [-0.05, 0) is 12.1 Å². The smallest absolute Gasteiger partial charge is 0.207 e. The van der Waals surface area contributed by atoms with Crippen LogP contribution in [0.3, 0.4) is 0 Å². The minimum absolute atomic E-state index is 0. The Morgan fingerprint density at radius 3 is 2.45 bits per heavy atom. The summed E-state index contributed by atoms with van der Waals surface area (Å²) in [7, 11) is 0. The molecule has 1 rings (SSSR count). The molecule has 0 heterocycles. The zero-order valence-electron chi connectivity index (χ0n) is 5.07. The van der Waals surface area contributed by atoms with Crippen LogP contribution in [0, 0.1) is 5.82 Å². The summed E-state index contributed by atoms with van der Waals surface area (Å²) in [6.07, 6.45) is 0. The predicted octanol–water partition coefficient (Wildman–Crippen LogP) is 2.46. The maximum Gasteiger partial charge on any atom is 0.316 e. The first-order valence-corrected chi connectivity index (χ1v) is 4.24. The summed E-state index contributed by atoms with van der Waals surface area (Å²) < 4.78 is 12.7. The van der Waals surface area contributed by atoms with Gasteiger partial charge in [0, 0.05) is 15.9 Å². The molecule has 0 unspecified atom stereocenters. The van der Waals surface area contributed by atoms with Crippen LogP contribution in [0.2, 0.25) is 5.02 Å². The molecule has 0 spiro atoms. The summed E-state index contributed by atoms with van der Waals surface area (Å²) in [6, 6.07) is 4.65. The number of hydrogen-bond donors (Lipinski definition) is 0. The van der Waals surface area contributed by atoms with Crippen LogP contribution in [-0.4, -0.2) is 23.1 Å². The van der Waals surface area contributed by atoms with Crippen molar-refractivity contribution < 1.29 is 4.39 Å². The minimum atomic E-state index is -0.260. The summed E-state index contributed by atoms with van der Waals surface area (Å²) >= 11 is 8.79. The van der Waals surface area contributed by atoms with Crippen molar-refractivity contribution in [3.8, 4) is 0 Å². The Labute approximate surface area is 94.4 Å². The second-order valence-electron chi connectivity index (χ2n) is 1.83. The highest BCUT2D eigenvalue weighted by atomic mass is 79.9. The van der Waals surface area contributed by atoms with Crippen LogP contribution in [-0.2, 0) is 5.33 Å². The molecule has 0 nitrogen and oxygen atoms in total. The van der Waals surface area contributed by atoms with Gasteiger partial charge in [-0.1, -0.05) is 33.6 Å². The third-order valence-electron chi connectivity index (χ3n) is 1.20. The van der Waals surface area contributed by atoms with Crippen LogP contribution in [0.5, 0.6) is 0 Å². The van der Waals surface area contributed by atoms with Crippen molar-refractivity contribution in [3.05, 3.63) is 34.6 Å². The highest BCUT2D eigenvalue weighted by molar-refractivity contribution is 9.08. The molecular weight excluding hydrogens is 243 g/mol. The molecule has 4 heteroatoms. The molecule has 0 aromatic heterocycles. The van der Waals surface area contributed by atoms with Crippen LogP contribution in [0.15, 0.2) is 18.2 Å². The normalized spacial score (nSPS) is 9.00. The van der Waals surface area contributed by atoms with Gasteiger partial charge in [-0.3, -0.25) is 0 Å². The van der Waals surface area contributed by atoms with E-state index in [1.165, 1.54) is 6.07 Å². The minimum Gasteiger partial charge on any atom is -0.207 e. The third kappa shape index (κ3) is 2.90. The Kier molecular flexibility index (Phi) is 5.69. The van der Waals surface area contributed by atoms with Gasteiger partial charge in [0.2, 0.25) is 0 Å². The average Bonchev–Trinajstić information content (AvgIpc) is 1.88. The Balaban J connectivity index is 0.000001000. The van der Waals surface area contributed by atoms with E-state index < -0.39 is 0 Å². The summed E-state index contributed by atoms with van der Waals surface area (Å²) in [6.45, 7) is 0. The molecule has 0 amide bonds. The molecule has 0 radical (unpaired) electrons. The van der Waals surface area contributed by atoms with E-state index in [0.29, 0.717) is 15.9 Å². The summed E-state index contributed by atoms with van der Waals surface area (Å²) in [4.78, 5) is 0. The largest absolute Gasteiger partial charge is 0.316 e. The molecule has 58 valence electrons. The second kappa shape index (κ2) is 5.35. The third-order valence-corrected chi connectivity index (χ3v) is 2.11. The Morgan fingerprint density at radius 1 is 1.45 bits per heavy atom. The second-order valence-corrected chi connectivity index (χ2v) is 2.80. The van der Waals surface area contributed by atoms with Crippen molar-refractivity contribution in [2.75, 3.05) is 0 Å². The van der Waals surface area contributed by atoms with Gasteiger partial charge in [-0.15, -0.1) is 0 Å². The molecule has 0 aliphatic rings. The van der Waals surface area contributed by atoms with E-state index in [9.17, 15) is 4.39 Å². The highest BCUT2D eigenvalue weighted by Gasteiger charge is 2.02. The summed E-state index contributed by atoms with van der Waals surface area (Å²) in [5.41, 5.74) is 0.518. The zero-order valence-corrected chi connectivity index (χ0v) is 7.41. The molecule has 0 fully saturated rings.